The molecule has 4 rings (SSSR count). The predicted octanol–water partition coefficient (Wildman–Crippen LogP) is 2.36. The SMILES string of the molecule is Cc1cc(N2CCNCC2)ccc1-n1cnn(C(C)c2ccccc2)c1=O. The molecule has 27 heavy (non-hydrogen) atoms. The molecule has 3 aromatic rings. The van der Waals surface area contributed by atoms with Crippen LogP contribution in [0.5, 0.6) is 0 Å². The Morgan fingerprint density at radius 2 is 1.81 bits per heavy atom. The number of aromatic nitrogens is 3. The van der Waals surface area contributed by atoms with E-state index in [-0.39, 0.29) is 11.7 Å². The highest BCUT2D eigenvalue weighted by molar-refractivity contribution is 5.55. The van der Waals surface area contributed by atoms with Gasteiger partial charge in [0.05, 0.1) is 11.7 Å². The summed E-state index contributed by atoms with van der Waals surface area (Å²) in [6.45, 7) is 8.06. The fourth-order valence-electron chi connectivity index (χ4n) is 3.65. The third-order valence-electron chi connectivity index (χ3n) is 5.26. The zero-order valence-corrected chi connectivity index (χ0v) is 15.8. The Bertz CT molecular complexity index is 970. The molecule has 1 aliphatic heterocycles. The number of hydrogen-bond donors (Lipinski definition) is 1. The summed E-state index contributed by atoms with van der Waals surface area (Å²) in [6.07, 6.45) is 1.62. The molecular formula is C21H25N5O. The Balaban J connectivity index is 1.64. The Morgan fingerprint density at radius 1 is 1.07 bits per heavy atom. The number of nitrogens with zero attached hydrogens (tertiary/aromatic N) is 4. The van der Waals surface area contributed by atoms with Gasteiger partial charge in [0.25, 0.3) is 0 Å². The zero-order valence-electron chi connectivity index (χ0n) is 15.8. The number of aryl methyl sites for hydroxylation is 1. The van der Waals surface area contributed by atoms with Gasteiger partial charge in [-0.25, -0.2) is 14.0 Å². The Morgan fingerprint density at radius 3 is 2.52 bits per heavy atom. The van der Waals surface area contributed by atoms with Crippen LogP contribution < -0.4 is 15.9 Å². The van der Waals surface area contributed by atoms with Gasteiger partial charge in [-0.05, 0) is 43.2 Å². The average molecular weight is 363 g/mol. The van der Waals surface area contributed by atoms with Gasteiger partial charge in [0.1, 0.15) is 6.33 Å². The van der Waals surface area contributed by atoms with Crippen LogP contribution in [0.25, 0.3) is 5.69 Å². The van der Waals surface area contributed by atoms with Crippen molar-refractivity contribution in [2.45, 2.75) is 19.9 Å². The number of piperazine rings is 1. The maximum absolute atomic E-state index is 13.0. The Labute approximate surface area is 159 Å². The fraction of sp³-hybridized carbons (Fsp3) is 0.333. The van der Waals surface area contributed by atoms with E-state index in [0.29, 0.717) is 0 Å². The second-order valence-electron chi connectivity index (χ2n) is 7.02. The molecule has 1 unspecified atom stereocenters. The third kappa shape index (κ3) is 3.40. The van der Waals surface area contributed by atoms with E-state index < -0.39 is 0 Å². The molecule has 6 heteroatoms. The summed E-state index contributed by atoms with van der Waals surface area (Å²) in [6, 6.07) is 16.1. The highest BCUT2D eigenvalue weighted by atomic mass is 16.2. The van der Waals surface area contributed by atoms with Gasteiger partial charge in [-0.1, -0.05) is 30.3 Å². The summed E-state index contributed by atoms with van der Waals surface area (Å²) in [5.41, 5.74) is 4.10. The van der Waals surface area contributed by atoms with Gasteiger partial charge in [-0.15, -0.1) is 0 Å². The maximum Gasteiger partial charge on any atom is 0.350 e. The number of rotatable bonds is 4. The smallest absolute Gasteiger partial charge is 0.350 e. The first-order valence-electron chi connectivity index (χ1n) is 9.43. The lowest BCUT2D eigenvalue weighted by Crippen LogP contribution is -2.43. The van der Waals surface area contributed by atoms with E-state index in [1.165, 1.54) is 5.69 Å². The normalized spacial score (nSPS) is 15.7. The van der Waals surface area contributed by atoms with Crippen molar-refractivity contribution >= 4 is 5.69 Å². The molecular weight excluding hydrogens is 338 g/mol. The predicted molar refractivity (Wildman–Crippen MR) is 108 cm³/mol. The van der Waals surface area contributed by atoms with Crippen LogP contribution in [0, 0.1) is 6.92 Å². The fourth-order valence-corrected chi connectivity index (χ4v) is 3.65. The van der Waals surface area contributed by atoms with Crippen LogP contribution in [-0.2, 0) is 0 Å². The molecule has 1 aromatic heterocycles. The lowest BCUT2D eigenvalue weighted by Gasteiger charge is -2.30. The van der Waals surface area contributed by atoms with Crippen LogP contribution in [0.3, 0.4) is 0 Å². The van der Waals surface area contributed by atoms with Gasteiger partial charge >= 0.3 is 5.69 Å². The molecule has 2 aromatic carbocycles. The molecule has 0 spiro atoms. The molecule has 0 amide bonds. The van der Waals surface area contributed by atoms with Crippen LogP contribution in [0.15, 0.2) is 59.7 Å². The highest BCUT2D eigenvalue weighted by Crippen LogP contribution is 2.22. The molecule has 140 valence electrons. The van der Waals surface area contributed by atoms with E-state index in [4.69, 9.17) is 0 Å². The summed E-state index contributed by atoms with van der Waals surface area (Å²) in [4.78, 5) is 15.3. The van der Waals surface area contributed by atoms with Crippen LogP contribution in [0.1, 0.15) is 24.1 Å². The van der Waals surface area contributed by atoms with Crippen molar-refractivity contribution in [3.8, 4) is 5.69 Å². The minimum Gasteiger partial charge on any atom is -0.369 e. The zero-order chi connectivity index (χ0) is 18.8. The number of hydrogen-bond acceptors (Lipinski definition) is 4. The molecule has 6 nitrogen and oxygen atoms in total. The first-order chi connectivity index (χ1) is 13.1. The Kier molecular flexibility index (Phi) is 4.81. The number of benzene rings is 2. The summed E-state index contributed by atoms with van der Waals surface area (Å²) in [5, 5.41) is 7.74. The van der Waals surface area contributed by atoms with E-state index in [0.717, 1.165) is 43.0 Å². The maximum atomic E-state index is 13.0. The minimum atomic E-state index is -0.121. The second-order valence-corrected chi connectivity index (χ2v) is 7.02. The van der Waals surface area contributed by atoms with Gasteiger partial charge in [-0.2, -0.15) is 5.10 Å². The van der Waals surface area contributed by atoms with Gasteiger partial charge in [0.15, 0.2) is 0 Å². The van der Waals surface area contributed by atoms with Crippen LogP contribution in [0.2, 0.25) is 0 Å². The van der Waals surface area contributed by atoms with E-state index in [2.05, 4.69) is 27.4 Å². The highest BCUT2D eigenvalue weighted by Gasteiger charge is 2.17. The van der Waals surface area contributed by atoms with Crippen molar-refractivity contribution in [2.24, 2.45) is 0 Å². The van der Waals surface area contributed by atoms with E-state index >= 15 is 0 Å². The first-order valence-corrected chi connectivity index (χ1v) is 9.43. The van der Waals surface area contributed by atoms with Gasteiger partial charge in [-0.3, -0.25) is 0 Å². The lowest BCUT2D eigenvalue weighted by molar-refractivity contribution is 0.541. The molecule has 2 heterocycles. The van der Waals surface area contributed by atoms with E-state index in [1.54, 1.807) is 15.6 Å². The average Bonchev–Trinajstić information content (AvgIpc) is 3.10. The molecule has 1 N–H and O–H groups in total. The van der Waals surface area contributed by atoms with Gasteiger partial charge in [0, 0.05) is 31.9 Å². The van der Waals surface area contributed by atoms with Crippen LogP contribution in [0.4, 0.5) is 5.69 Å². The molecule has 0 aliphatic carbocycles. The summed E-state index contributed by atoms with van der Waals surface area (Å²) in [5.74, 6) is 0. The van der Waals surface area contributed by atoms with Crippen molar-refractivity contribution in [1.29, 1.82) is 0 Å². The molecule has 0 bridgehead atoms. The summed E-state index contributed by atoms with van der Waals surface area (Å²) in [7, 11) is 0. The van der Waals surface area contributed by atoms with Crippen LogP contribution >= 0.6 is 0 Å². The van der Waals surface area contributed by atoms with Crippen molar-refractivity contribution in [1.82, 2.24) is 19.7 Å². The van der Waals surface area contributed by atoms with Crippen molar-refractivity contribution < 1.29 is 0 Å². The monoisotopic (exact) mass is 363 g/mol. The number of nitrogens with one attached hydrogen (secondary N) is 1. The van der Waals surface area contributed by atoms with Crippen molar-refractivity contribution in [2.75, 3.05) is 31.1 Å². The van der Waals surface area contributed by atoms with Gasteiger partial charge in [0.2, 0.25) is 0 Å². The van der Waals surface area contributed by atoms with E-state index in [9.17, 15) is 4.79 Å². The minimum absolute atomic E-state index is 0.111. The molecule has 0 radical (unpaired) electrons. The second kappa shape index (κ2) is 7.40. The molecule has 1 fully saturated rings. The third-order valence-corrected chi connectivity index (χ3v) is 5.26. The topological polar surface area (TPSA) is 55.1 Å². The molecule has 1 saturated heterocycles. The quantitative estimate of drug-likeness (QED) is 0.773. The van der Waals surface area contributed by atoms with Crippen LogP contribution in [-0.4, -0.2) is 40.5 Å². The lowest BCUT2D eigenvalue weighted by atomic mass is 10.1. The van der Waals surface area contributed by atoms with E-state index in [1.807, 2.05) is 50.2 Å². The van der Waals surface area contributed by atoms with Crippen molar-refractivity contribution in [3.63, 3.8) is 0 Å². The first kappa shape index (κ1) is 17.5. The summed E-state index contributed by atoms with van der Waals surface area (Å²) >= 11 is 0. The molecule has 1 atom stereocenters. The molecule has 1 aliphatic rings. The largest absolute Gasteiger partial charge is 0.369 e. The van der Waals surface area contributed by atoms with Crippen molar-refractivity contribution in [3.05, 3.63) is 76.5 Å². The number of anilines is 1. The molecule has 0 saturated carbocycles. The summed E-state index contributed by atoms with van der Waals surface area (Å²) < 4.78 is 3.18. The standard InChI is InChI=1S/C21H25N5O/c1-16-14-19(24-12-10-22-11-13-24)8-9-20(16)25-15-23-26(21(25)27)17(2)18-6-4-3-5-7-18/h3-9,14-15,17,22H,10-13H2,1-2H3. The Hall–Kier alpha value is -2.86. The van der Waals surface area contributed by atoms with Gasteiger partial charge < -0.3 is 10.2 Å².